The molecule has 0 aromatic heterocycles. The van der Waals surface area contributed by atoms with Gasteiger partial charge in [0.15, 0.2) is 5.78 Å². The SMILES string of the molecule is O=C(C[CH]c1cccc([N+](=O)[O-])c1)c1ccccc1. The largest absolute Gasteiger partial charge is 0.294 e. The van der Waals surface area contributed by atoms with Crippen LogP contribution in [-0.2, 0) is 0 Å². The molecule has 19 heavy (non-hydrogen) atoms. The van der Waals surface area contributed by atoms with E-state index in [4.69, 9.17) is 0 Å². The summed E-state index contributed by atoms with van der Waals surface area (Å²) in [5.74, 6) is -0.00731. The fourth-order valence-corrected chi connectivity index (χ4v) is 1.72. The fourth-order valence-electron chi connectivity index (χ4n) is 1.72. The van der Waals surface area contributed by atoms with Crippen molar-refractivity contribution >= 4 is 11.5 Å². The molecule has 0 atom stereocenters. The Morgan fingerprint density at radius 1 is 1.11 bits per heavy atom. The molecule has 0 amide bonds. The minimum Gasteiger partial charge on any atom is -0.294 e. The molecule has 0 fully saturated rings. The van der Waals surface area contributed by atoms with E-state index < -0.39 is 4.92 Å². The standard InChI is InChI=1S/C15H12NO3/c17-15(13-6-2-1-3-7-13)10-9-12-5-4-8-14(11-12)16(18)19/h1-9,11H,10H2. The van der Waals surface area contributed by atoms with Crippen molar-refractivity contribution in [3.8, 4) is 0 Å². The second-order valence-corrected chi connectivity index (χ2v) is 4.05. The Balaban J connectivity index is 2.01. The molecule has 0 N–H and O–H groups in total. The van der Waals surface area contributed by atoms with Gasteiger partial charge in [0.25, 0.3) is 5.69 Å². The average Bonchev–Trinajstić information content (AvgIpc) is 2.46. The predicted octanol–water partition coefficient (Wildman–Crippen LogP) is 3.42. The van der Waals surface area contributed by atoms with E-state index in [0.717, 1.165) is 0 Å². The lowest BCUT2D eigenvalue weighted by atomic mass is 10.0. The van der Waals surface area contributed by atoms with Gasteiger partial charge in [-0.25, -0.2) is 0 Å². The quantitative estimate of drug-likeness (QED) is 0.466. The molecule has 2 aromatic rings. The lowest BCUT2D eigenvalue weighted by molar-refractivity contribution is -0.384. The Morgan fingerprint density at radius 2 is 1.84 bits per heavy atom. The van der Waals surface area contributed by atoms with Crippen LogP contribution in [0, 0.1) is 16.5 Å². The van der Waals surface area contributed by atoms with Gasteiger partial charge in [-0.05, 0) is 12.0 Å². The molecule has 95 valence electrons. The monoisotopic (exact) mass is 254 g/mol. The van der Waals surface area contributed by atoms with E-state index in [1.807, 2.05) is 6.07 Å². The number of Topliss-reactive ketones (excluding diaryl/α,β-unsaturated/α-hetero) is 1. The maximum Gasteiger partial charge on any atom is 0.269 e. The summed E-state index contributed by atoms with van der Waals surface area (Å²) in [4.78, 5) is 22.1. The number of rotatable bonds is 5. The van der Waals surface area contributed by atoms with Gasteiger partial charge in [-0.1, -0.05) is 42.5 Å². The first-order chi connectivity index (χ1) is 9.16. The van der Waals surface area contributed by atoms with Gasteiger partial charge in [-0.2, -0.15) is 0 Å². The van der Waals surface area contributed by atoms with E-state index in [2.05, 4.69) is 0 Å². The molecule has 2 aromatic carbocycles. The number of benzene rings is 2. The van der Waals surface area contributed by atoms with Crippen LogP contribution < -0.4 is 0 Å². The highest BCUT2D eigenvalue weighted by molar-refractivity contribution is 5.96. The summed E-state index contributed by atoms with van der Waals surface area (Å²) in [5.41, 5.74) is 1.35. The highest BCUT2D eigenvalue weighted by Gasteiger charge is 2.09. The van der Waals surface area contributed by atoms with Crippen molar-refractivity contribution in [3.63, 3.8) is 0 Å². The molecule has 0 bridgehead atoms. The van der Waals surface area contributed by atoms with Crippen molar-refractivity contribution in [1.29, 1.82) is 0 Å². The normalized spacial score (nSPS) is 10.1. The molecular formula is C15H12NO3. The van der Waals surface area contributed by atoms with E-state index in [1.165, 1.54) is 12.1 Å². The molecule has 0 unspecified atom stereocenters. The summed E-state index contributed by atoms with van der Waals surface area (Å²) in [6.07, 6.45) is 1.92. The van der Waals surface area contributed by atoms with Crippen molar-refractivity contribution in [3.05, 3.63) is 82.3 Å². The molecular weight excluding hydrogens is 242 g/mol. The van der Waals surface area contributed by atoms with Crippen LogP contribution in [0.25, 0.3) is 0 Å². The number of nitro benzene ring substituents is 1. The third-order valence-electron chi connectivity index (χ3n) is 2.70. The highest BCUT2D eigenvalue weighted by Crippen LogP contribution is 2.16. The number of nitrogens with zero attached hydrogens (tertiary/aromatic N) is 1. The number of nitro groups is 1. The zero-order valence-corrected chi connectivity index (χ0v) is 10.2. The molecule has 0 saturated heterocycles. The van der Waals surface area contributed by atoms with Crippen LogP contribution in [0.1, 0.15) is 22.3 Å². The molecule has 0 aliphatic carbocycles. The summed E-state index contributed by atoms with van der Waals surface area (Å²) < 4.78 is 0. The zero-order chi connectivity index (χ0) is 13.7. The Bertz CT molecular complexity index is 593. The number of ketones is 1. The van der Waals surface area contributed by atoms with Gasteiger partial charge in [-0.3, -0.25) is 14.9 Å². The van der Waals surface area contributed by atoms with Crippen LogP contribution in [0.5, 0.6) is 0 Å². The summed E-state index contributed by atoms with van der Waals surface area (Å²) in [5, 5.41) is 10.6. The van der Waals surface area contributed by atoms with Gasteiger partial charge in [0.1, 0.15) is 0 Å². The van der Waals surface area contributed by atoms with Gasteiger partial charge in [-0.15, -0.1) is 0 Å². The smallest absolute Gasteiger partial charge is 0.269 e. The van der Waals surface area contributed by atoms with E-state index in [9.17, 15) is 14.9 Å². The number of carbonyl (C=O) groups excluding carboxylic acids is 1. The molecule has 4 heteroatoms. The Labute approximate surface area is 110 Å². The lowest BCUT2D eigenvalue weighted by Gasteiger charge is -2.01. The molecule has 4 nitrogen and oxygen atoms in total. The maximum absolute atomic E-state index is 11.9. The third-order valence-corrected chi connectivity index (χ3v) is 2.70. The first-order valence-corrected chi connectivity index (χ1v) is 5.83. The molecule has 0 aliphatic heterocycles. The van der Waals surface area contributed by atoms with Crippen molar-refractivity contribution in [2.45, 2.75) is 6.42 Å². The second-order valence-electron chi connectivity index (χ2n) is 4.05. The van der Waals surface area contributed by atoms with Crippen LogP contribution >= 0.6 is 0 Å². The van der Waals surface area contributed by atoms with Gasteiger partial charge in [0.05, 0.1) is 4.92 Å². The highest BCUT2D eigenvalue weighted by atomic mass is 16.6. The summed E-state index contributed by atoms with van der Waals surface area (Å²) in [7, 11) is 0. The predicted molar refractivity (Wildman–Crippen MR) is 71.9 cm³/mol. The molecule has 0 heterocycles. The minimum atomic E-state index is -0.448. The van der Waals surface area contributed by atoms with Crippen LogP contribution in [-0.4, -0.2) is 10.7 Å². The molecule has 2 rings (SSSR count). The average molecular weight is 254 g/mol. The molecule has 1 radical (unpaired) electrons. The molecule has 0 aliphatic rings. The summed E-state index contributed by atoms with van der Waals surface area (Å²) >= 11 is 0. The van der Waals surface area contributed by atoms with E-state index in [1.54, 1.807) is 42.8 Å². The van der Waals surface area contributed by atoms with E-state index in [-0.39, 0.29) is 17.9 Å². The third kappa shape index (κ3) is 3.48. The lowest BCUT2D eigenvalue weighted by Crippen LogP contribution is -1.99. The number of non-ortho nitro benzene ring substituents is 1. The zero-order valence-electron chi connectivity index (χ0n) is 10.2. The maximum atomic E-state index is 11.9. The van der Waals surface area contributed by atoms with Crippen molar-refractivity contribution in [2.24, 2.45) is 0 Å². The van der Waals surface area contributed by atoms with Gasteiger partial charge in [0.2, 0.25) is 0 Å². The van der Waals surface area contributed by atoms with Gasteiger partial charge in [0, 0.05) is 24.1 Å². The van der Waals surface area contributed by atoms with Crippen molar-refractivity contribution < 1.29 is 9.72 Å². The summed E-state index contributed by atoms with van der Waals surface area (Å²) in [6.45, 7) is 0. The Kier molecular flexibility index (Phi) is 4.03. The number of carbonyl (C=O) groups is 1. The first kappa shape index (κ1) is 13.0. The molecule has 0 saturated carbocycles. The van der Waals surface area contributed by atoms with Gasteiger partial charge < -0.3 is 0 Å². The van der Waals surface area contributed by atoms with Crippen molar-refractivity contribution in [2.75, 3.05) is 0 Å². The van der Waals surface area contributed by atoms with Gasteiger partial charge >= 0.3 is 0 Å². The Morgan fingerprint density at radius 3 is 2.53 bits per heavy atom. The van der Waals surface area contributed by atoms with E-state index in [0.29, 0.717) is 11.1 Å². The van der Waals surface area contributed by atoms with Crippen LogP contribution in [0.3, 0.4) is 0 Å². The first-order valence-electron chi connectivity index (χ1n) is 5.83. The molecule has 0 spiro atoms. The van der Waals surface area contributed by atoms with Crippen LogP contribution in [0.15, 0.2) is 54.6 Å². The summed E-state index contributed by atoms with van der Waals surface area (Å²) in [6, 6.07) is 15.2. The van der Waals surface area contributed by atoms with Crippen LogP contribution in [0.2, 0.25) is 0 Å². The number of hydrogen-bond donors (Lipinski definition) is 0. The fraction of sp³-hybridized carbons (Fsp3) is 0.0667. The van der Waals surface area contributed by atoms with Crippen molar-refractivity contribution in [1.82, 2.24) is 0 Å². The second kappa shape index (κ2) is 5.91. The topological polar surface area (TPSA) is 60.2 Å². The minimum absolute atomic E-state index is 0.00731. The van der Waals surface area contributed by atoms with E-state index >= 15 is 0 Å². The van der Waals surface area contributed by atoms with Crippen LogP contribution in [0.4, 0.5) is 5.69 Å². The Hall–Kier alpha value is -2.49. The number of hydrogen-bond acceptors (Lipinski definition) is 3.